The van der Waals surface area contributed by atoms with E-state index < -0.39 is 10.0 Å². The minimum absolute atomic E-state index is 0.0580. The van der Waals surface area contributed by atoms with Crippen molar-refractivity contribution in [2.45, 2.75) is 23.8 Å². The molecular formula is C12H17NO5S. The minimum atomic E-state index is -3.92. The van der Waals surface area contributed by atoms with Crippen molar-refractivity contribution >= 4 is 10.0 Å². The number of hydrogen-bond acceptors (Lipinski definition) is 5. The number of primary sulfonamides is 1. The maximum Gasteiger partial charge on any atom is 0.245 e. The zero-order valence-corrected chi connectivity index (χ0v) is 11.7. The second-order valence-corrected chi connectivity index (χ2v) is 5.80. The van der Waals surface area contributed by atoms with Crippen LogP contribution < -0.4 is 14.6 Å². The minimum Gasteiger partial charge on any atom is -0.495 e. The normalized spacial score (nSPS) is 19.4. The molecule has 2 N–H and O–H groups in total. The second kappa shape index (κ2) is 5.36. The molecule has 0 bridgehead atoms. The van der Waals surface area contributed by atoms with Gasteiger partial charge >= 0.3 is 0 Å². The van der Waals surface area contributed by atoms with Crippen LogP contribution in [0.5, 0.6) is 11.5 Å². The zero-order chi connectivity index (χ0) is 14.0. The van der Waals surface area contributed by atoms with E-state index >= 15 is 0 Å². The van der Waals surface area contributed by atoms with E-state index in [4.69, 9.17) is 19.3 Å². The average molecular weight is 287 g/mol. The Morgan fingerprint density at radius 2 is 1.84 bits per heavy atom. The van der Waals surface area contributed by atoms with E-state index in [0.29, 0.717) is 6.61 Å². The molecule has 1 heterocycles. The molecule has 1 atom stereocenters. The smallest absolute Gasteiger partial charge is 0.245 e. The first kappa shape index (κ1) is 14.1. The van der Waals surface area contributed by atoms with Crippen molar-refractivity contribution in [2.75, 3.05) is 20.8 Å². The Morgan fingerprint density at radius 3 is 2.21 bits per heavy atom. The van der Waals surface area contributed by atoms with Gasteiger partial charge in [-0.3, -0.25) is 0 Å². The molecule has 0 aliphatic carbocycles. The largest absolute Gasteiger partial charge is 0.495 e. The topological polar surface area (TPSA) is 87.8 Å². The molecule has 1 fully saturated rings. The monoisotopic (exact) mass is 287 g/mol. The van der Waals surface area contributed by atoms with Gasteiger partial charge < -0.3 is 14.2 Å². The highest BCUT2D eigenvalue weighted by molar-refractivity contribution is 7.89. The van der Waals surface area contributed by atoms with E-state index in [-0.39, 0.29) is 22.5 Å². The highest BCUT2D eigenvalue weighted by atomic mass is 32.2. The fraction of sp³-hybridized carbons (Fsp3) is 0.500. The Hall–Kier alpha value is -1.31. The SMILES string of the molecule is COc1cc([C@@H]2CCCO2)cc(OC)c1S(N)(=O)=O. The lowest BCUT2D eigenvalue weighted by Gasteiger charge is -2.16. The van der Waals surface area contributed by atoms with E-state index in [1.807, 2.05) is 0 Å². The van der Waals surface area contributed by atoms with Crippen LogP contribution in [-0.4, -0.2) is 29.2 Å². The van der Waals surface area contributed by atoms with Gasteiger partial charge in [0, 0.05) is 6.61 Å². The summed E-state index contributed by atoms with van der Waals surface area (Å²) >= 11 is 0. The third-order valence-corrected chi connectivity index (χ3v) is 4.04. The first-order chi connectivity index (χ1) is 8.97. The number of methoxy groups -OCH3 is 2. The van der Waals surface area contributed by atoms with Gasteiger partial charge in [-0.05, 0) is 30.5 Å². The average Bonchev–Trinajstić information content (AvgIpc) is 2.89. The molecule has 0 saturated carbocycles. The Bertz CT molecular complexity index is 538. The van der Waals surface area contributed by atoms with Crippen molar-refractivity contribution in [3.05, 3.63) is 17.7 Å². The number of benzene rings is 1. The first-order valence-corrected chi connectivity index (χ1v) is 7.42. The maximum atomic E-state index is 11.6. The number of rotatable bonds is 4. The predicted octanol–water partition coefficient (Wildman–Crippen LogP) is 1.20. The third-order valence-electron chi connectivity index (χ3n) is 3.07. The van der Waals surface area contributed by atoms with E-state index in [1.165, 1.54) is 14.2 Å². The molecule has 0 aromatic heterocycles. The highest BCUT2D eigenvalue weighted by Crippen LogP contribution is 2.38. The van der Waals surface area contributed by atoms with Crippen LogP contribution in [0.1, 0.15) is 24.5 Å². The third kappa shape index (κ3) is 2.83. The van der Waals surface area contributed by atoms with Crippen LogP contribution in [0.2, 0.25) is 0 Å². The Morgan fingerprint density at radius 1 is 1.26 bits per heavy atom. The molecule has 1 aliphatic rings. The van der Waals surface area contributed by atoms with E-state index in [1.54, 1.807) is 12.1 Å². The molecule has 0 amide bonds. The molecule has 1 aromatic carbocycles. The molecule has 106 valence electrons. The van der Waals surface area contributed by atoms with Gasteiger partial charge in [-0.15, -0.1) is 0 Å². The summed E-state index contributed by atoms with van der Waals surface area (Å²) in [6.45, 7) is 0.701. The summed E-state index contributed by atoms with van der Waals surface area (Å²) in [6.07, 6.45) is 1.81. The van der Waals surface area contributed by atoms with Crippen LogP contribution >= 0.6 is 0 Å². The van der Waals surface area contributed by atoms with Crippen LogP contribution in [0.15, 0.2) is 17.0 Å². The predicted molar refractivity (Wildman–Crippen MR) is 68.8 cm³/mol. The van der Waals surface area contributed by atoms with Crippen molar-refractivity contribution in [3.8, 4) is 11.5 Å². The number of nitrogens with two attached hydrogens (primary N) is 1. The molecule has 0 unspecified atom stereocenters. The van der Waals surface area contributed by atoms with E-state index in [0.717, 1.165) is 18.4 Å². The van der Waals surface area contributed by atoms with Crippen LogP contribution in [0, 0.1) is 0 Å². The van der Waals surface area contributed by atoms with Crippen LogP contribution in [0.25, 0.3) is 0 Å². The number of hydrogen-bond donors (Lipinski definition) is 1. The van der Waals surface area contributed by atoms with Gasteiger partial charge in [-0.1, -0.05) is 0 Å². The number of sulfonamides is 1. The number of ether oxygens (including phenoxy) is 3. The molecule has 7 heteroatoms. The van der Waals surface area contributed by atoms with Gasteiger partial charge in [-0.2, -0.15) is 0 Å². The summed E-state index contributed by atoms with van der Waals surface area (Å²) < 4.78 is 39.0. The Labute approximate surface area is 112 Å². The van der Waals surface area contributed by atoms with Crippen molar-refractivity contribution < 1.29 is 22.6 Å². The summed E-state index contributed by atoms with van der Waals surface area (Å²) in [4.78, 5) is -0.140. The fourth-order valence-electron chi connectivity index (χ4n) is 2.21. The molecule has 1 saturated heterocycles. The van der Waals surface area contributed by atoms with Crippen LogP contribution in [0.4, 0.5) is 0 Å². The van der Waals surface area contributed by atoms with Crippen molar-refractivity contribution in [1.82, 2.24) is 0 Å². The summed E-state index contributed by atoms with van der Waals surface area (Å²) in [6, 6.07) is 3.27. The molecule has 19 heavy (non-hydrogen) atoms. The van der Waals surface area contributed by atoms with Gasteiger partial charge in [0.2, 0.25) is 10.0 Å². The summed E-state index contributed by atoms with van der Waals surface area (Å²) in [5.41, 5.74) is 0.832. The fourth-order valence-corrected chi connectivity index (χ4v) is 3.05. The lowest BCUT2D eigenvalue weighted by molar-refractivity contribution is 0.111. The van der Waals surface area contributed by atoms with Crippen molar-refractivity contribution in [1.29, 1.82) is 0 Å². The molecular weight excluding hydrogens is 270 g/mol. The lowest BCUT2D eigenvalue weighted by Crippen LogP contribution is -2.15. The van der Waals surface area contributed by atoms with Crippen LogP contribution in [0.3, 0.4) is 0 Å². The molecule has 1 aliphatic heterocycles. The van der Waals surface area contributed by atoms with E-state index in [9.17, 15) is 8.42 Å². The molecule has 0 radical (unpaired) electrons. The van der Waals surface area contributed by atoms with Gasteiger partial charge in [0.1, 0.15) is 11.5 Å². The lowest BCUT2D eigenvalue weighted by atomic mass is 10.1. The van der Waals surface area contributed by atoms with Gasteiger partial charge in [0.25, 0.3) is 0 Å². The van der Waals surface area contributed by atoms with Crippen molar-refractivity contribution in [2.24, 2.45) is 5.14 Å². The molecule has 6 nitrogen and oxygen atoms in total. The van der Waals surface area contributed by atoms with Crippen LogP contribution in [-0.2, 0) is 14.8 Å². The van der Waals surface area contributed by atoms with Gasteiger partial charge in [0.15, 0.2) is 4.90 Å². The van der Waals surface area contributed by atoms with Crippen molar-refractivity contribution in [3.63, 3.8) is 0 Å². The Balaban J connectivity index is 2.57. The first-order valence-electron chi connectivity index (χ1n) is 5.87. The van der Waals surface area contributed by atoms with Gasteiger partial charge in [0.05, 0.1) is 20.3 Å². The molecule has 0 spiro atoms. The molecule has 2 rings (SSSR count). The summed E-state index contributed by atoms with van der Waals surface area (Å²) in [5, 5.41) is 5.19. The second-order valence-electron chi connectivity index (χ2n) is 4.30. The highest BCUT2D eigenvalue weighted by Gasteiger charge is 2.26. The Kier molecular flexibility index (Phi) is 3.98. The quantitative estimate of drug-likeness (QED) is 0.899. The standard InChI is InChI=1S/C12H17NO5S/c1-16-10-6-8(9-4-3-5-18-9)7-11(17-2)12(10)19(13,14)15/h6-7,9H,3-5H2,1-2H3,(H2,13,14,15)/t9-/m0/s1. The zero-order valence-electron chi connectivity index (χ0n) is 10.9. The molecule has 1 aromatic rings. The maximum absolute atomic E-state index is 11.6. The van der Waals surface area contributed by atoms with Gasteiger partial charge in [-0.25, -0.2) is 13.6 Å². The van der Waals surface area contributed by atoms with E-state index in [2.05, 4.69) is 0 Å². The summed E-state index contributed by atoms with van der Waals surface area (Å²) in [5.74, 6) is 0.347. The summed E-state index contributed by atoms with van der Waals surface area (Å²) in [7, 11) is -1.14.